The lowest BCUT2D eigenvalue weighted by Crippen LogP contribution is -2.37. The molecule has 8 N–H and O–H groups in total. The summed E-state index contributed by atoms with van der Waals surface area (Å²) in [5, 5.41) is 38.3. The van der Waals surface area contributed by atoms with E-state index in [0.717, 1.165) is 32.9 Å². The van der Waals surface area contributed by atoms with Gasteiger partial charge in [-0.15, -0.1) is 11.3 Å². The normalized spacial score (nSPS) is 15.4. The number of carbonyl (C=O) groups excluding carboxylic acids is 3. The first kappa shape index (κ1) is 35.4. The fourth-order valence-corrected chi connectivity index (χ4v) is 7.02. The summed E-state index contributed by atoms with van der Waals surface area (Å²) in [5.74, 6) is -4.59. The lowest BCUT2D eigenvalue weighted by molar-refractivity contribution is -0.139. The van der Waals surface area contributed by atoms with Gasteiger partial charge in [-0.1, -0.05) is 11.8 Å². The molecule has 0 saturated carbocycles. The summed E-state index contributed by atoms with van der Waals surface area (Å²) in [5.41, 5.74) is 7.09. The number of aliphatic hydroxyl groups is 1. The van der Waals surface area contributed by atoms with Crippen LogP contribution in [0.3, 0.4) is 0 Å². The molecule has 18 heteroatoms. The number of pyridine rings is 1. The number of carbonyl (C=O) groups is 5. The number of fused-ring (bicyclic) bond motifs is 5. The number of nitrogens with two attached hydrogens (primary N) is 1. The average Bonchev–Trinajstić information content (AvgIpc) is 3.39. The van der Waals surface area contributed by atoms with Gasteiger partial charge in [0.25, 0.3) is 5.91 Å². The van der Waals surface area contributed by atoms with Crippen LogP contribution in [0, 0.1) is 5.92 Å². The maximum Gasteiger partial charge on any atom is 0.322 e. The number of nitrogens with zero attached hydrogens (tertiary/aromatic N) is 3. The Morgan fingerprint density at radius 2 is 1.98 bits per heavy atom. The Morgan fingerprint density at radius 3 is 2.71 bits per heavy atom. The molecule has 0 radical (unpaired) electrons. The van der Waals surface area contributed by atoms with Crippen molar-refractivity contribution >= 4 is 79.3 Å². The number of aliphatic carboxylic acids is 2. The number of aliphatic hydroxyl groups excluding tert-OH is 1. The minimum Gasteiger partial charge on any atom is -0.480 e. The quantitative estimate of drug-likeness (QED) is 0.0689. The number of hydrogen-bond donors (Lipinski definition) is 7. The van der Waals surface area contributed by atoms with Crippen LogP contribution in [-0.2, 0) is 25.8 Å². The first-order valence-corrected chi connectivity index (χ1v) is 16.9. The smallest absolute Gasteiger partial charge is 0.322 e. The number of benzene rings is 1. The lowest BCUT2D eigenvalue weighted by atomic mass is 9.99. The Labute approximate surface area is 286 Å². The summed E-state index contributed by atoms with van der Waals surface area (Å²) in [6.45, 7) is 1.39. The zero-order valence-electron chi connectivity index (χ0n) is 26.1. The van der Waals surface area contributed by atoms with E-state index in [1.807, 2.05) is 25.1 Å². The van der Waals surface area contributed by atoms with Gasteiger partial charge in [0.1, 0.15) is 23.2 Å². The van der Waals surface area contributed by atoms with E-state index in [-0.39, 0.29) is 59.4 Å². The lowest BCUT2D eigenvalue weighted by Gasteiger charge is -2.16. The van der Waals surface area contributed by atoms with Gasteiger partial charge in [0.2, 0.25) is 17.7 Å². The van der Waals surface area contributed by atoms with E-state index in [9.17, 15) is 29.1 Å². The van der Waals surface area contributed by atoms with Gasteiger partial charge in [0, 0.05) is 58.9 Å². The van der Waals surface area contributed by atoms with E-state index in [4.69, 9.17) is 20.7 Å². The van der Waals surface area contributed by atoms with Crippen LogP contribution < -0.4 is 26.4 Å². The minimum atomic E-state index is -1.27. The SMILES string of the molecule is C[C@@H]1CNc2c(sc3ccc4nc(Oc5nc(SC[C@H](CC(=O)CC[C@H](N)C(=O)O)C(=O)NCC(=O)O)ncc5CO)ccc4c23)C(=O)N1. The third kappa shape index (κ3) is 8.58. The highest BCUT2D eigenvalue weighted by Crippen LogP contribution is 2.41. The summed E-state index contributed by atoms with van der Waals surface area (Å²) in [4.78, 5) is 73.9. The van der Waals surface area contributed by atoms with Crippen LogP contribution in [0.5, 0.6) is 11.8 Å². The summed E-state index contributed by atoms with van der Waals surface area (Å²) < 4.78 is 6.91. The van der Waals surface area contributed by atoms with E-state index < -0.39 is 48.7 Å². The van der Waals surface area contributed by atoms with Crippen molar-refractivity contribution in [2.24, 2.45) is 11.7 Å². The number of amides is 2. The maximum atomic E-state index is 12.8. The number of carboxylic acid groups (broad SMARTS) is 2. The van der Waals surface area contributed by atoms with Crippen molar-refractivity contribution in [2.45, 2.75) is 50.0 Å². The predicted octanol–water partition coefficient (Wildman–Crippen LogP) is 2.13. The Kier molecular flexibility index (Phi) is 11.2. The molecule has 1 aliphatic rings. The molecule has 4 aromatic rings. The molecule has 0 fully saturated rings. The van der Waals surface area contributed by atoms with Crippen molar-refractivity contribution in [3.63, 3.8) is 0 Å². The molecular formula is C31H33N7O9S2. The number of ketones is 1. The third-order valence-electron chi connectivity index (χ3n) is 7.56. The van der Waals surface area contributed by atoms with Crippen LogP contribution in [0.4, 0.5) is 5.69 Å². The van der Waals surface area contributed by atoms with Crippen LogP contribution in [0.25, 0.3) is 21.0 Å². The Morgan fingerprint density at radius 1 is 1.18 bits per heavy atom. The number of thiophene rings is 1. The molecular weight excluding hydrogens is 679 g/mol. The predicted molar refractivity (Wildman–Crippen MR) is 180 cm³/mol. The topological polar surface area (TPSA) is 256 Å². The Bertz CT molecular complexity index is 1940. The Balaban J connectivity index is 1.34. The average molecular weight is 712 g/mol. The largest absolute Gasteiger partial charge is 0.480 e. The van der Waals surface area contributed by atoms with Crippen LogP contribution in [0.1, 0.15) is 41.4 Å². The summed E-state index contributed by atoms with van der Waals surface area (Å²) in [7, 11) is 0. The van der Waals surface area contributed by atoms with Gasteiger partial charge in [-0.25, -0.2) is 9.97 Å². The summed E-state index contributed by atoms with van der Waals surface area (Å²) in [6, 6.07) is 5.91. The zero-order chi connectivity index (χ0) is 35.2. The number of rotatable bonds is 15. The molecule has 0 spiro atoms. The maximum absolute atomic E-state index is 12.8. The van der Waals surface area contributed by atoms with Crippen molar-refractivity contribution in [1.82, 2.24) is 25.6 Å². The molecule has 49 heavy (non-hydrogen) atoms. The van der Waals surface area contributed by atoms with Gasteiger partial charge in [0.05, 0.1) is 29.3 Å². The zero-order valence-corrected chi connectivity index (χ0v) is 27.7. The molecule has 258 valence electrons. The van der Waals surface area contributed by atoms with Gasteiger partial charge in [-0.3, -0.25) is 24.0 Å². The van der Waals surface area contributed by atoms with E-state index in [1.54, 1.807) is 6.07 Å². The number of nitrogens with one attached hydrogen (secondary N) is 3. The van der Waals surface area contributed by atoms with E-state index in [0.29, 0.717) is 16.9 Å². The number of Topliss-reactive ketones (excluding diaryl/α,β-unsaturated/α-hetero) is 1. The molecule has 0 bridgehead atoms. The van der Waals surface area contributed by atoms with Crippen LogP contribution >= 0.6 is 23.1 Å². The van der Waals surface area contributed by atoms with Crippen molar-refractivity contribution in [3.05, 3.63) is 40.9 Å². The number of thioether (sulfide) groups is 1. The molecule has 1 aliphatic heterocycles. The van der Waals surface area contributed by atoms with E-state index >= 15 is 0 Å². The van der Waals surface area contributed by atoms with Crippen molar-refractivity contribution in [2.75, 3.05) is 24.2 Å². The van der Waals surface area contributed by atoms with Crippen LogP contribution in [-0.4, -0.2) is 90.7 Å². The number of ether oxygens (including phenoxy) is 1. The molecule has 2 amide bonds. The molecule has 3 atom stereocenters. The first-order valence-electron chi connectivity index (χ1n) is 15.1. The van der Waals surface area contributed by atoms with Crippen LogP contribution in [0.2, 0.25) is 0 Å². The van der Waals surface area contributed by atoms with Crippen molar-refractivity contribution < 1.29 is 44.0 Å². The van der Waals surface area contributed by atoms with Gasteiger partial charge < -0.3 is 41.7 Å². The van der Waals surface area contributed by atoms with Gasteiger partial charge >= 0.3 is 11.9 Å². The highest BCUT2D eigenvalue weighted by atomic mass is 32.2. The monoisotopic (exact) mass is 711 g/mol. The van der Waals surface area contributed by atoms with Crippen LogP contribution in [0.15, 0.2) is 35.6 Å². The summed E-state index contributed by atoms with van der Waals surface area (Å²) >= 11 is 2.40. The molecule has 1 aromatic carbocycles. The van der Waals surface area contributed by atoms with Gasteiger partial charge in [-0.2, -0.15) is 4.98 Å². The molecule has 4 heterocycles. The molecule has 0 saturated heterocycles. The van der Waals surface area contributed by atoms with E-state index in [1.165, 1.54) is 17.5 Å². The second-order valence-corrected chi connectivity index (χ2v) is 13.3. The standard InChI is InChI=1S/C31H33N7O9S2/c1-14-9-33-25-24-18-3-7-22(37-20(18)5-6-21(24)49-26(25)28(44)36-14)47-29-16(12-39)10-35-31(38-29)48-13-15(27(43)34-11-23(41)42)8-17(40)2-4-19(32)30(45)46/h3,5-7,10,14-15,19,33,39H,2,4,8-9,11-13,32H2,1H3,(H,34,43)(H,36,44)(H,41,42)(H,45,46)/t14-,15+,19+/m1/s1. The molecule has 0 aliphatic carbocycles. The van der Waals surface area contributed by atoms with E-state index in [2.05, 4.69) is 30.9 Å². The first-order chi connectivity index (χ1) is 23.4. The molecule has 3 aromatic heterocycles. The van der Waals surface area contributed by atoms with Gasteiger partial charge in [-0.05, 0) is 31.5 Å². The number of aromatic nitrogens is 3. The highest BCUT2D eigenvalue weighted by molar-refractivity contribution is 7.99. The fourth-order valence-electron chi connectivity index (χ4n) is 5.03. The number of hydrogen-bond acceptors (Lipinski definition) is 14. The minimum absolute atomic E-state index is 0.00951. The fraction of sp³-hybridized carbons (Fsp3) is 0.355. The third-order valence-corrected chi connectivity index (χ3v) is 9.74. The number of carboxylic acids is 2. The number of anilines is 1. The molecule has 16 nitrogen and oxygen atoms in total. The molecule has 0 unspecified atom stereocenters. The molecule has 5 rings (SSSR count). The van der Waals surface area contributed by atoms with Crippen molar-refractivity contribution in [3.8, 4) is 11.8 Å². The van der Waals surface area contributed by atoms with Crippen molar-refractivity contribution in [1.29, 1.82) is 0 Å². The summed E-state index contributed by atoms with van der Waals surface area (Å²) in [6.07, 6.45) is 0.771. The van der Waals surface area contributed by atoms with Gasteiger partial charge in [0.15, 0.2) is 5.16 Å². The second kappa shape index (κ2) is 15.5. The Hall–Kier alpha value is -4.91. The highest BCUT2D eigenvalue weighted by Gasteiger charge is 2.26. The second-order valence-electron chi connectivity index (χ2n) is 11.3.